The topological polar surface area (TPSA) is 76.1 Å². The second kappa shape index (κ2) is 9.61. The number of amides is 1. The molecule has 0 atom stereocenters. The fourth-order valence-corrected chi connectivity index (χ4v) is 3.62. The van der Waals surface area contributed by atoms with E-state index in [0.29, 0.717) is 25.3 Å². The van der Waals surface area contributed by atoms with E-state index >= 15 is 0 Å². The second-order valence-electron chi connectivity index (χ2n) is 6.88. The van der Waals surface area contributed by atoms with Crippen molar-refractivity contribution in [2.75, 3.05) is 18.5 Å². The number of fused-ring (bicyclic) bond motifs is 1. The van der Waals surface area contributed by atoms with Crippen LogP contribution in [0.4, 0.5) is 5.82 Å². The van der Waals surface area contributed by atoms with Gasteiger partial charge >= 0.3 is 0 Å². The highest BCUT2D eigenvalue weighted by Crippen LogP contribution is 2.27. The second-order valence-corrected chi connectivity index (χ2v) is 8.11. The summed E-state index contributed by atoms with van der Waals surface area (Å²) in [7, 11) is 0. The summed E-state index contributed by atoms with van der Waals surface area (Å²) < 4.78 is 5.47. The first-order valence-electron chi connectivity index (χ1n) is 9.46. The van der Waals surface area contributed by atoms with Gasteiger partial charge in [-0.1, -0.05) is 12.1 Å². The van der Waals surface area contributed by atoms with Gasteiger partial charge in [0.15, 0.2) is 0 Å². The lowest BCUT2D eigenvalue weighted by atomic mass is 10.1. The Labute approximate surface area is 169 Å². The van der Waals surface area contributed by atoms with Gasteiger partial charge in [-0.15, -0.1) is 11.3 Å². The molecule has 3 aromatic rings. The molecule has 0 radical (unpaired) electrons. The Morgan fingerprint density at radius 1 is 1.21 bits per heavy atom. The molecule has 6 nitrogen and oxygen atoms in total. The third kappa shape index (κ3) is 5.50. The summed E-state index contributed by atoms with van der Waals surface area (Å²) in [4.78, 5) is 23.1. The molecule has 0 spiro atoms. The van der Waals surface area contributed by atoms with Crippen molar-refractivity contribution >= 4 is 33.3 Å². The van der Waals surface area contributed by atoms with Crippen LogP contribution in [0.3, 0.4) is 0 Å². The minimum Gasteiger partial charge on any atom is -0.379 e. The molecular weight excluding hydrogens is 372 g/mol. The molecule has 0 unspecified atom stereocenters. The van der Waals surface area contributed by atoms with Crippen LogP contribution >= 0.6 is 11.3 Å². The minimum absolute atomic E-state index is 0.0599. The number of aryl methyl sites for hydroxylation is 1. The van der Waals surface area contributed by atoms with E-state index in [0.717, 1.165) is 28.0 Å². The molecule has 0 saturated heterocycles. The number of ether oxygens (including phenoxy) is 1. The number of benzene rings is 1. The molecule has 0 saturated carbocycles. The van der Waals surface area contributed by atoms with E-state index in [4.69, 9.17) is 4.74 Å². The number of rotatable bonds is 9. The van der Waals surface area contributed by atoms with Gasteiger partial charge in [0, 0.05) is 30.1 Å². The summed E-state index contributed by atoms with van der Waals surface area (Å²) in [6, 6.07) is 9.71. The van der Waals surface area contributed by atoms with E-state index in [9.17, 15) is 4.79 Å². The first-order chi connectivity index (χ1) is 13.5. The van der Waals surface area contributed by atoms with Gasteiger partial charge < -0.3 is 15.4 Å². The Morgan fingerprint density at radius 3 is 2.75 bits per heavy atom. The van der Waals surface area contributed by atoms with Gasteiger partial charge in [0.1, 0.15) is 17.0 Å². The maximum absolute atomic E-state index is 12.2. The number of hydrogen-bond donors (Lipinski definition) is 2. The molecule has 7 heteroatoms. The molecule has 1 amide bonds. The maximum atomic E-state index is 12.2. The van der Waals surface area contributed by atoms with Crippen molar-refractivity contribution in [2.24, 2.45) is 0 Å². The van der Waals surface area contributed by atoms with Gasteiger partial charge in [0.05, 0.1) is 11.5 Å². The molecule has 3 rings (SSSR count). The van der Waals surface area contributed by atoms with Crippen LogP contribution in [0.15, 0.2) is 36.7 Å². The van der Waals surface area contributed by atoms with Crippen LogP contribution in [0.2, 0.25) is 0 Å². The van der Waals surface area contributed by atoms with E-state index < -0.39 is 0 Å². The Kier molecular flexibility index (Phi) is 6.95. The van der Waals surface area contributed by atoms with Gasteiger partial charge in [0.2, 0.25) is 0 Å². The predicted octanol–water partition coefficient (Wildman–Crippen LogP) is 4.16. The lowest BCUT2D eigenvalue weighted by molar-refractivity contribution is 0.0757. The Bertz CT molecular complexity index is 922. The highest BCUT2D eigenvalue weighted by atomic mass is 32.1. The van der Waals surface area contributed by atoms with Crippen LogP contribution in [0, 0.1) is 6.92 Å². The fraction of sp³-hybridized carbons (Fsp3) is 0.381. The van der Waals surface area contributed by atoms with Crippen LogP contribution < -0.4 is 10.6 Å². The van der Waals surface area contributed by atoms with Crippen molar-refractivity contribution in [3.63, 3.8) is 0 Å². The Hall–Kier alpha value is -2.51. The number of carbonyl (C=O) groups excluding carboxylic acids is 1. The average Bonchev–Trinajstić information content (AvgIpc) is 3.07. The Morgan fingerprint density at radius 2 is 2.00 bits per heavy atom. The Balaban J connectivity index is 1.50. The SMILES string of the molecule is Cc1cc2c(NCc3ccc(C(=O)NCCCOC(C)C)cc3)ncnc2s1. The third-order valence-corrected chi connectivity index (χ3v) is 5.15. The number of nitrogens with zero attached hydrogens (tertiary/aromatic N) is 2. The monoisotopic (exact) mass is 398 g/mol. The van der Waals surface area contributed by atoms with E-state index in [2.05, 4.69) is 33.6 Å². The maximum Gasteiger partial charge on any atom is 0.251 e. The van der Waals surface area contributed by atoms with Gasteiger partial charge in [-0.2, -0.15) is 0 Å². The number of thiophene rings is 1. The van der Waals surface area contributed by atoms with Gasteiger partial charge in [-0.3, -0.25) is 4.79 Å². The number of anilines is 1. The molecule has 0 fully saturated rings. The molecule has 2 heterocycles. The van der Waals surface area contributed by atoms with Crippen molar-refractivity contribution in [3.8, 4) is 0 Å². The molecule has 1 aromatic carbocycles. The molecule has 0 aliphatic rings. The van der Waals surface area contributed by atoms with E-state index in [1.165, 1.54) is 4.88 Å². The van der Waals surface area contributed by atoms with Crippen molar-refractivity contribution < 1.29 is 9.53 Å². The van der Waals surface area contributed by atoms with Crippen LogP contribution in [0.5, 0.6) is 0 Å². The minimum atomic E-state index is -0.0599. The van der Waals surface area contributed by atoms with E-state index in [-0.39, 0.29) is 12.0 Å². The van der Waals surface area contributed by atoms with Crippen LogP contribution in [0.25, 0.3) is 10.2 Å². The highest BCUT2D eigenvalue weighted by Gasteiger charge is 2.08. The number of aromatic nitrogens is 2. The molecule has 0 aliphatic carbocycles. The molecule has 148 valence electrons. The lowest BCUT2D eigenvalue weighted by Gasteiger charge is -2.09. The normalized spacial score (nSPS) is 11.1. The molecule has 0 aliphatic heterocycles. The molecular formula is C21H26N4O2S. The van der Waals surface area contributed by atoms with Crippen molar-refractivity contribution in [2.45, 2.75) is 39.8 Å². The third-order valence-electron chi connectivity index (χ3n) is 4.19. The predicted molar refractivity (Wildman–Crippen MR) is 114 cm³/mol. The zero-order chi connectivity index (χ0) is 19.9. The standard InChI is InChI=1S/C21H26N4O2S/c1-14(2)27-10-4-9-22-20(26)17-7-5-16(6-8-17)12-23-19-18-11-15(3)28-21(18)25-13-24-19/h5-8,11,13-14H,4,9-10,12H2,1-3H3,(H,22,26)(H,23,24,25). The lowest BCUT2D eigenvalue weighted by Crippen LogP contribution is -2.25. The van der Waals surface area contributed by atoms with Gasteiger partial charge in [-0.25, -0.2) is 9.97 Å². The van der Waals surface area contributed by atoms with Crippen LogP contribution in [0.1, 0.15) is 41.1 Å². The molecule has 2 N–H and O–H groups in total. The van der Waals surface area contributed by atoms with Crippen molar-refractivity contribution in [1.29, 1.82) is 0 Å². The van der Waals surface area contributed by atoms with Gasteiger partial charge in [-0.05, 0) is 51.0 Å². The van der Waals surface area contributed by atoms with Crippen LogP contribution in [-0.4, -0.2) is 35.1 Å². The summed E-state index contributed by atoms with van der Waals surface area (Å²) >= 11 is 1.66. The summed E-state index contributed by atoms with van der Waals surface area (Å²) in [5.74, 6) is 0.773. The first kappa shape index (κ1) is 20.2. The summed E-state index contributed by atoms with van der Waals surface area (Å²) in [5, 5.41) is 7.33. The van der Waals surface area contributed by atoms with Gasteiger partial charge in [0.25, 0.3) is 5.91 Å². The fourth-order valence-electron chi connectivity index (χ4n) is 2.77. The van der Waals surface area contributed by atoms with E-state index in [1.54, 1.807) is 17.7 Å². The average molecular weight is 399 g/mol. The first-order valence-corrected chi connectivity index (χ1v) is 10.3. The summed E-state index contributed by atoms with van der Waals surface area (Å²) in [6.07, 6.45) is 2.61. The zero-order valence-corrected chi connectivity index (χ0v) is 17.3. The summed E-state index contributed by atoms with van der Waals surface area (Å²) in [5.41, 5.74) is 1.74. The van der Waals surface area contributed by atoms with Crippen molar-refractivity contribution in [3.05, 3.63) is 52.7 Å². The number of carbonyl (C=O) groups is 1. The number of nitrogens with one attached hydrogen (secondary N) is 2. The zero-order valence-electron chi connectivity index (χ0n) is 16.5. The largest absolute Gasteiger partial charge is 0.379 e. The molecule has 2 aromatic heterocycles. The summed E-state index contributed by atoms with van der Waals surface area (Å²) in [6.45, 7) is 7.97. The van der Waals surface area contributed by atoms with Crippen LogP contribution in [-0.2, 0) is 11.3 Å². The highest BCUT2D eigenvalue weighted by molar-refractivity contribution is 7.18. The van der Waals surface area contributed by atoms with Crippen molar-refractivity contribution in [1.82, 2.24) is 15.3 Å². The number of hydrogen-bond acceptors (Lipinski definition) is 6. The van der Waals surface area contributed by atoms with E-state index in [1.807, 2.05) is 38.1 Å². The molecule has 28 heavy (non-hydrogen) atoms. The molecule has 0 bridgehead atoms. The smallest absolute Gasteiger partial charge is 0.251 e. The quantitative estimate of drug-likeness (QED) is 0.530.